The molecule has 1 saturated carbocycles. The van der Waals surface area contributed by atoms with Gasteiger partial charge in [-0.3, -0.25) is 5.41 Å². The first-order valence-corrected chi connectivity index (χ1v) is 9.46. The van der Waals surface area contributed by atoms with Gasteiger partial charge in [-0.25, -0.2) is 17.8 Å². The molecule has 120 valence electrons. The summed E-state index contributed by atoms with van der Waals surface area (Å²) in [5, 5.41) is 11.2. The standard InChI is InChI=1S/C14H17BrFN3O2S/c1-13(9-5-11(15)18-6-10(9)16)7-22(20,21)14(2,8-3-4-8)12(17)19-13/h5-6,8H,3-4,7H2,1-2H3,(H2,17,19)/t13-,14-/m0/s1. The van der Waals surface area contributed by atoms with Crippen LogP contribution in [-0.4, -0.2) is 29.7 Å². The van der Waals surface area contributed by atoms with E-state index in [0.717, 1.165) is 19.0 Å². The van der Waals surface area contributed by atoms with E-state index < -0.39 is 25.9 Å². The lowest BCUT2D eigenvalue weighted by Crippen LogP contribution is -2.66. The average molecular weight is 390 g/mol. The molecule has 8 heteroatoms. The molecule has 0 spiro atoms. The Kier molecular flexibility index (Phi) is 3.41. The molecule has 3 rings (SSSR count). The van der Waals surface area contributed by atoms with Crippen LogP contribution in [0.4, 0.5) is 4.39 Å². The fraction of sp³-hybridized carbons (Fsp3) is 0.571. The van der Waals surface area contributed by atoms with Gasteiger partial charge in [0.2, 0.25) is 0 Å². The van der Waals surface area contributed by atoms with E-state index in [-0.39, 0.29) is 23.1 Å². The van der Waals surface area contributed by atoms with Crippen molar-refractivity contribution in [3.63, 3.8) is 0 Å². The lowest BCUT2D eigenvalue weighted by atomic mass is 9.91. The molecule has 1 aliphatic carbocycles. The molecular weight excluding hydrogens is 373 g/mol. The second kappa shape index (κ2) is 4.74. The minimum atomic E-state index is -3.58. The third kappa shape index (κ3) is 2.19. The Hall–Kier alpha value is -1.02. The number of aromatic nitrogens is 1. The van der Waals surface area contributed by atoms with Crippen LogP contribution in [0.3, 0.4) is 0 Å². The molecule has 2 atom stereocenters. The number of sulfone groups is 1. The molecule has 0 aromatic carbocycles. The Balaban J connectivity index is 2.08. The molecule has 1 aromatic rings. The molecule has 0 radical (unpaired) electrons. The Morgan fingerprint density at radius 1 is 1.45 bits per heavy atom. The molecule has 22 heavy (non-hydrogen) atoms. The topological polar surface area (TPSA) is 82.9 Å². The van der Waals surface area contributed by atoms with Gasteiger partial charge in [-0.15, -0.1) is 0 Å². The summed E-state index contributed by atoms with van der Waals surface area (Å²) in [5.74, 6) is -0.897. The highest BCUT2D eigenvalue weighted by molar-refractivity contribution is 9.10. The van der Waals surface area contributed by atoms with E-state index in [0.29, 0.717) is 4.60 Å². The van der Waals surface area contributed by atoms with Crippen LogP contribution in [0.1, 0.15) is 32.3 Å². The largest absolute Gasteiger partial charge is 0.362 e. The molecule has 2 heterocycles. The lowest BCUT2D eigenvalue weighted by Gasteiger charge is -2.45. The number of hydrogen-bond donors (Lipinski definition) is 2. The highest BCUT2D eigenvalue weighted by atomic mass is 79.9. The van der Waals surface area contributed by atoms with Crippen molar-refractivity contribution in [3.8, 4) is 0 Å². The Morgan fingerprint density at radius 2 is 2.09 bits per heavy atom. The van der Waals surface area contributed by atoms with Gasteiger partial charge in [0.05, 0.1) is 17.5 Å². The van der Waals surface area contributed by atoms with E-state index in [1.807, 2.05) is 0 Å². The molecular formula is C14H17BrFN3O2S. The first kappa shape index (κ1) is 15.9. The predicted molar refractivity (Wildman–Crippen MR) is 85.0 cm³/mol. The fourth-order valence-electron chi connectivity index (χ4n) is 3.19. The van der Waals surface area contributed by atoms with Crippen LogP contribution in [0.5, 0.6) is 0 Å². The quantitative estimate of drug-likeness (QED) is 0.760. The van der Waals surface area contributed by atoms with Gasteiger partial charge in [0.1, 0.15) is 21.0 Å². The van der Waals surface area contributed by atoms with Crippen LogP contribution in [0.2, 0.25) is 0 Å². The number of pyridine rings is 1. The summed E-state index contributed by atoms with van der Waals surface area (Å²) in [7, 11) is -3.58. The van der Waals surface area contributed by atoms with E-state index in [2.05, 4.69) is 26.2 Å². The summed E-state index contributed by atoms with van der Waals surface area (Å²) >= 11 is 3.18. The Labute approximate surface area is 137 Å². The normalized spacial score (nSPS) is 34.3. The van der Waals surface area contributed by atoms with Crippen molar-refractivity contribution in [2.75, 3.05) is 5.75 Å². The van der Waals surface area contributed by atoms with Gasteiger partial charge in [-0.2, -0.15) is 0 Å². The molecule has 1 saturated heterocycles. The summed E-state index contributed by atoms with van der Waals surface area (Å²) in [6.07, 6.45) is 2.68. The number of nitrogens with one attached hydrogen (secondary N) is 2. The monoisotopic (exact) mass is 389 g/mol. The van der Waals surface area contributed by atoms with Gasteiger partial charge in [0.15, 0.2) is 9.84 Å². The SMILES string of the molecule is C[C@@]1(c2cc(Br)ncc2F)CS(=O)(=O)[C@@](C)(C2CC2)C(=N)N1. The summed E-state index contributed by atoms with van der Waals surface area (Å²) in [5.41, 5.74) is -0.986. The molecule has 2 aliphatic rings. The first-order chi connectivity index (χ1) is 10.1. The molecule has 1 aromatic heterocycles. The highest BCUT2D eigenvalue weighted by Gasteiger charge is 2.60. The van der Waals surface area contributed by atoms with Gasteiger partial charge in [-0.1, -0.05) is 0 Å². The van der Waals surface area contributed by atoms with Crippen LogP contribution in [0, 0.1) is 17.1 Å². The number of nitrogens with zero attached hydrogens (tertiary/aromatic N) is 1. The lowest BCUT2D eigenvalue weighted by molar-refractivity contribution is 0.409. The Bertz CT molecular complexity index is 765. The summed E-state index contributed by atoms with van der Waals surface area (Å²) in [4.78, 5) is 3.80. The van der Waals surface area contributed by atoms with Gasteiger partial charge >= 0.3 is 0 Å². The predicted octanol–water partition coefficient (Wildman–Crippen LogP) is 2.36. The zero-order chi connectivity index (χ0) is 16.3. The first-order valence-electron chi connectivity index (χ1n) is 7.01. The minimum absolute atomic E-state index is 0.0175. The van der Waals surface area contributed by atoms with Crippen molar-refractivity contribution in [1.82, 2.24) is 10.3 Å². The summed E-state index contributed by atoms with van der Waals surface area (Å²) in [6, 6.07) is 1.46. The van der Waals surface area contributed by atoms with Crippen molar-refractivity contribution in [2.24, 2.45) is 5.92 Å². The molecule has 0 amide bonds. The van der Waals surface area contributed by atoms with Crippen molar-refractivity contribution in [2.45, 2.75) is 37.0 Å². The van der Waals surface area contributed by atoms with Gasteiger partial charge in [-0.05, 0) is 54.6 Å². The average Bonchev–Trinajstić information content (AvgIpc) is 3.22. The molecule has 0 bridgehead atoms. The smallest absolute Gasteiger partial charge is 0.165 e. The van der Waals surface area contributed by atoms with Crippen molar-refractivity contribution >= 4 is 31.6 Å². The summed E-state index contributed by atoms with van der Waals surface area (Å²) < 4.78 is 39.1. The van der Waals surface area contributed by atoms with E-state index in [4.69, 9.17) is 5.41 Å². The fourth-order valence-corrected chi connectivity index (χ4v) is 5.92. The third-order valence-corrected chi connectivity index (χ3v) is 8.02. The second-order valence-corrected chi connectivity index (χ2v) is 9.64. The van der Waals surface area contributed by atoms with Gasteiger partial charge in [0.25, 0.3) is 0 Å². The number of hydrogen-bond acceptors (Lipinski definition) is 4. The summed E-state index contributed by atoms with van der Waals surface area (Å²) in [6.45, 7) is 3.21. The zero-order valence-electron chi connectivity index (χ0n) is 12.3. The van der Waals surface area contributed by atoms with Crippen LogP contribution in [-0.2, 0) is 15.4 Å². The van der Waals surface area contributed by atoms with Crippen molar-refractivity contribution in [3.05, 3.63) is 28.2 Å². The molecule has 5 nitrogen and oxygen atoms in total. The van der Waals surface area contributed by atoms with Crippen LogP contribution in [0.15, 0.2) is 16.9 Å². The third-order valence-electron chi connectivity index (χ3n) is 4.79. The van der Waals surface area contributed by atoms with Crippen LogP contribution < -0.4 is 5.32 Å². The molecule has 1 aliphatic heterocycles. The highest BCUT2D eigenvalue weighted by Crippen LogP contribution is 2.48. The van der Waals surface area contributed by atoms with Crippen LogP contribution in [0.25, 0.3) is 0 Å². The zero-order valence-corrected chi connectivity index (χ0v) is 14.7. The maximum atomic E-state index is 14.2. The second-order valence-electron chi connectivity index (χ2n) is 6.46. The van der Waals surface area contributed by atoms with Gasteiger partial charge < -0.3 is 5.32 Å². The molecule has 2 N–H and O–H groups in total. The maximum absolute atomic E-state index is 14.2. The number of amidine groups is 1. The van der Waals surface area contributed by atoms with Crippen molar-refractivity contribution in [1.29, 1.82) is 5.41 Å². The maximum Gasteiger partial charge on any atom is 0.165 e. The van der Waals surface area contributed by atoms with E-state index in [9.17, 15) is 12.8 Å². The van der Waals surface area contributed by atoms with Crippen LogP contribution >= 0.6 is 15.9 Å². The molecule has 2 fully saturated rings. The Morgan fingerprint density at radius 3 is 2.64 bits per heavy atom. The van der Waals surface area contributed by atoms with Crippen molar-refractivity contribution < 1.29 is 12.8 Å². The van der Waals surface area contributed by atoms with Gasteiger partial charge in [0, 0.05) is 5.56 Å². The minimum Gasteiger partial charge on any atom is -0.362 e. The number of halogens is 2. The van der Waals surface area contributed by atoms with E-state index in [1.165, 1.54) is 6.07 Å². The van der Waals surface area contributed by atoms with E-state index >= 15 is 0 Å². The number of rotatable bonds is 2. The molecule has 0 unspecified atom stereocenters. The van der Waals surface area contributed by atoms with E-state index in [1.54, 1.807) is 13.8 Å².